The minimum Gasteiger partial charge on any atom is -0.512 e. The minimum absolute atomic E-state index is 0.0464. The molecule has 0 fully saturated rings. The first-order chi connectivity index (χ1) is 21.3. The Balaban J connectivity index is 1.55. The summed E-state index contributed by atoms with van der Waals surface area (Å²) < 4.78 is 72.9. The number of aliphatic hydroxyl groups excluding tert-OH is 1. The van der Waals surface area contributed by atoms with Crippen LogP contribution >= 0.6 is 0 Å². The molecule has 1 aliphatic heterocycles. The lowest BCUT2D eigenvalue weighted by Gasteiger charge is -2.38. The van der Waals surface area contributed by atoms with Crippen LogP contribution in [0.4, 0.5) is 18.9 Å². The summed E-state index contributed by atoms with van der Waals surface area (Å²) >= 11 is 0. The van der Waals surface area contributed by atoms with E-state index >= 15 is 0 Å². The number of carbonyl (C=O) groups excluding carboxylic acids is 1. The Morgan fingerprint density at radius 1 is 1.09 bits per heavy atom. The molecule has 7 nitrogen and oxygen atoms in total. The van der Waals surface area contributed by atoms with Gasteiger partial charge in [-0.2, -0.15) is 21.6 Å². The molecule has 0 aliphatic carbocycles. The van der Waals surface area contributed by atoms with Crippen molar-refractivity contribution in [2.24, 2.45) is 0 Å². The fourth-order valence-corrected chi connectivity index (χ4v) is 6.69. The topological polar surface area (TPSA) is 106 Å². The Morgan fingerprint density at radius 3 is 2.40 bits per heavy atom. The van der Waals surface area contributed by atoms with Gasteiger partial charge in [0.25, 0.3) is 10.0 Å². The maximum Gasteiger partial charge on any atom is 0.417 e. The largest absolute Gasteiger partial charge is 0.512 e. The highest BCUT2D eigenvalue weighted by Gasteiger charge is 2.43. The molecule has 0 spiro atoms. The van der Waals surface area contributed by atoms with Crippen molar-refractivity contribution in [3.05, 3.63) is 107 Å². The van der Waals surface area contributed by atoms with E-state index < -0.39 is 44.3 Å². The number of allylic oxidation sites excluding steroid dienone is 1. The third-order valence-corrected chi connectivity index (χ3v) is 9.18. The van der Waals surface area contributed by atoms with Gasteiger partial charge in [-0.15, -0.1) is 0 Å². The number of sulfonamides is 1. The minimum atomic E-state index is -4.65. The second kappa shape index (κ2) is 13.9. The number of carbonyl (C=O) groups is 1. The summed E-state index contributed by atoms with van der Waals surface area (Å²) in [4.78, 5) is 17.0. The predicted molar refractivity (Wildman–Crippen MR) is 167 cm³/mol. The first-order valence-corrected chi connectivity index (χ1v) is 16.3. The van der Waals surface area contributed by atoms with Gasteiger partial charge < -0.3 is 9.84 Å². The van der Waals surface area contributed by atoms with Gasteiger partial charge in [-0.3, -0.25) is 4.72 Å². The van der Waals surface area contributed by atoms with E-state index in [0.717, 1.165) is 23.6 Å². The van der Waals surface area contributed by atoms with Gasteiger partial charge in [-0.1, -0.05) is 68.8 Å². The van der Waals surface area contributed by atoms with E-state index in [2.05, 4.69) is 9.71 Å². The Kier molecular flexibility index (Phi) is 10.4. The SMILES string of the molecule is C/C=C/c1ccc(CC[C@]2(CCC)CC(O)=C([C@H](CC)c3cccc(NS(=O)(=O)c4ccc(C(F)(F)F)cn4)c3)C(=O)O2)cc1. The number of hydrogen-bond acceptors (Lipinski definition) is 6. The Labute approximate surface area is 261 Å². The molecule has 1 aromatic heterocycles. The quantitative estimate of drug-likeness (QED) is 0.192. The zero-order valence-corrected chi connectivity index (χ0v) is 26.2. The Bertz CT molecular complexity index is 1670. The molecule has 0 radical (unpaired) electrons. The third-order valence-electron chi connectivity index (χ3n) is 7.88. The molecule has 2 atom stereocenters. The number of halogens is 3. The van der Waals surface area contributed by atoms with Gasteiger partial charge in [0.1, 0.15) is 11.4 Å². The maximum atomic E-state index is 13.5. The summed E-state index contributed by atoms with van der Waals surface area (Å²) in [7, 11) is -4.31. The summed E-state index contributed by atoms with van der Waals surface area (Å²) in [5, 5.41) is 10.7. The average Bonchev–Trinajstić information content (AvgIpc) is 2.98. The van der Waals surface area contributed by atoms with Crippen LogP contribution in [0.25, 0.3) is 6.08 Å². The normalized spacial score (nSPS) is 18.2. The van der Waals surface area contributed by atoms with Crippen molar-refractivity contribution in [3.8, 4) is 0 Å². The smallest absolute Gasteiger partial charge is 0.417 e. The van der Waals surface area contributed by atoms with E-state index in [9.17, 15) is 31.5 Å². The lowest BCUT2D eigenvalue weighted by atomic mass is 9.80. The highest BCUT2D eigenvalue weighted by molar-refractivity contribution is 7.92. The van der Waals surface area contributed by atoms with E-state index in [1.54, 1.807) is 12.1 Å². The second-order valence-electron chi connectivity index (χ2n) is 11.2. The van der Waals surface area contributed by atoms with E-state index in [1.807, 2.05) is 57.2 Å². The van der Waals surface area contributed by atoms with Crippen LogP contribution in [-0.2, 0) is 32.2 Å². The zero-order valence-electron chi connectivity index (χ0n) is 25.4. The number of pyridine rings is 1. The van der Waals surface area contributed by atoms with E-state index in [-0.39, 0.29) is 23.4 Å². The van der Waals surface area contributed by atoms with Gasteiger partial charge in [-0.25, -0.2) is 9.78 Å². The summed E-state index contributed by atoms with van der Waals surface area (Å²) in [6.45, 7) is 5.80. The number of anilines is 1. The number of aliphatic hydroxyl groups is 1. The predicted octanol–water partition coefficient (Wildman–Crippen LogP) is 8.36. The summed E-state index contributed by atoms with van der Waals surface area (Å²) in [5.74, 6) is -1.25. The number of rotatable bonds is 12. The molecule has 2 N–H and O–H groups in total. The van der Waals surface area contributed by atoms with E-state index in [4.69, 9.17) is 4.74 Å². The first-order valence-electron chi connectivity index (χ1n) is 14.8. The van der Waals surface area contributed by atoms with Crippen LogP contribution in [0.1, 0.15) is 81.0 Å². The van der Waals surface area contributed by atoms with Crippen molar-refractivity contribution in [1.82, 2.24) is 4.98 Å². The summed E-state index contributed by atoms with van der Waals surface area (Å²) in [6, 6.07) is 15.9. The number of nitrogens with zero attached hydrogens (tertiary/aromatic N) is 1. The third kappa shape index (κ3) is 8.13. The lowest BCUT2D eigenvalue weighted by molar-refractivity contribution is -0.161. The highest BCUT2D eigenvalue weighted by atomic mass is 32.2. The number of alkyl halides is 3. The molecular formula is C34H37F3N2O5S. The fraction of sp³-hybridized carbons (Fsp3) is 0.353. The molecule has 240 valence electrons. The van der Waals surface area contributed by atoms with Gasteiger partial charge in [0.2, 0.25) is 0 Å². The summed E-state index contributed by atoms with van der Waals surface area (Å²) in [6.07, 6.45) is 2.91. The lowest BCUT2D eigenvalue weighted by Crippen LogP contribution is -2.41. The number of aromatic nitrogens is 1. The fourth-order valence-electron chi connectivity index (χ4n) is 5.71. The van der Waals surface area contributed by atoms with Crippen molar-refractivity contribution in [3.63, 3.8) is 0 Å². The van der Waals surface area contributed by atoms with Crippen molar-refractivity contribution >= 4 is 27.8 Å². The molecule has 11 heteroatoms. The molecule has 0 unspecified atom stereocenters. The van der Waals surface area contributed by atoms with Crippen LogP contribution in [0.3, 0.4) is 0 Å². The molecule has 4 rings (SSSR count). The number of nitrogens with one attached hydrogen (secondary N) is 1. The van der Waals surface area contributed by atoms with Crippen LogP contribution < -0.4 is 4.72 Å². The van der Waals surface area contributed by atoms with Gasteiger partial charge in [0, 0.05) is 24.2 Å². The van der Waals surface area contributed by atoms with Crippen molar-refractivity contribution in [2.75, 3.05) is 4.72 Å². The number of hydrogen-bond donors (Lipinski definition) is 2. The molecule has 2 heterocycles. The van der Waals surface area contributed by atoms with Crippen LogP contribution in [-0.4, -0.2) is 30.1 Å². The number of benzene rings is 2. The molecule has 0 saturated carbocycles. The van der Waals surface area contributed by atoms with Crippen LogP contribution in [0, 0.1) is 0 Å². The molecule has 0 saturated heterocycles. The van der Waals surface area contributed by atoms with Crippen molar-refractivity contribution < 1.29 is 36.2 Å². The maximum absolute atomic E-state index is 13.5. The molecule has 2 aromatic carbocycles. The molecule has 0 amide bonds. The van der Waals surface area contributed by atoms with Gasteiger partial charge in [-0.05, 0) is 73.6 Å². The zero-order chi connectivity index (χ0) is 32.8. The van der Waals surface area contributed by atoms with Gasteiger partial charge in [0.15, 0.2) is 5.03 Å². The highest BCUT2D eigenvalue weighted by Crippen LogP contribution is 2.42. The molecule has 1 aliphatic rings. The van der Waals surface area contributed by atoms with E-state index in [0.29, 0.717) is 43.5 Å². The second-order valence-corrected chi connectivity index (χ2v) is 12.8. The molecule has 45 heavy (non-hydrogen) atoms. The first kappa shape index (κ1) is 33.8. The van der Waals surface area contributed by atoms with Crippen molar-refractivity contribution in [1.29, 1.82) is 0 Å². The number of cyclic esters (lactones) is 1. The monoisotopic (exact) mass is 642 g/mol. The van der Waals surface area contributed by atoms with Crippen LogP contribution in [0.15, 0.2) is 89.3 Å². The van der Waals surface area contributed by atoms with Gasteiger partial charge in [0.05, 0.1) is 11.1 Å². The Morgan fingerprint density at radius 2 is 1.82 bits per heavy atom. The van der Waals surface area contributed by atoms with Crippen molar-refractivity contribution in [2.45, 2.75) is 82.0 Å². The number of esters is 1. The van der Waals surface area contributed by atoms with Crippen LogP contribution in [0.2, 0.25) is 0 Å². The standard InChI is InChI=1S/C34H37F3N2O5S/c1-4-8-23-11-13-24(14-12-23)17-19-33(18-5-2)21-29(40)31(32(41)44-33)28(6-3)25-9-7-10-27(20-25)39-45(42,43)30-16-15-26(22-38-30)34(35,36)37/h4,7-16,20,22,28,39-40H,5-6,17-19,21H2,1-3H3/b8-4+/t28-,33-/m1/s1. The number of aryl methyl sites for hydroxylation is 1. The Hall–Kier alpha value is -4.12. The molecule has 0 bridgehead atoms. The number of ether oxygens (including phenoxy) is 1. The van der Waals surface area contributed by atoms with Gasteiger partial charge >= 0.3 is 12.1 Å². The molecule has 3 aromatic rings. The van der Waals surface area contributed by atoms with Crippen LogP contribution in [0.5, 0.6) is 0 Å². The average molecular weight is 643 g/mol. The van der Waals surface area contributed by atoms with E-state index in [1.165, 1.54) is 12.1 Å². The molecular weight excluding hydrogens is 605 g/mol. The summed E-state index contributed by atoms with van der Waals surface area (Å²) in [5.41, 5.74) is 1.08.